The van der Waals surface area contributed by atoms with Gasteiger partial charge in [-0.1, -0.05) is 13.8 Å². The molecule has 0 aliphatic rings. The molecule has 3 aromatic rings. The average molecular weight is 428 g/mol. The van der Waals surface area contributed by atoms with Crippen molar-refractivity contribution >= 4 is 39.2 Å². The predicted molar refractivity (Wildman–Crippen MR) is 119 cm³/mol. The Morgan fingerprint density at radius 1 is 1.17 bits per heavy atom. The molecular weight excluding hydrogens is 402 g/mol. The number of rotatable bonds is 5. The lowest BCUT2D eigenvalue weighted by atomic mass is 9.95. The Hall–Kier alpha value is -2.93. The largest absolute Gasteiger partial charge is 0.457 e. The first-order valence-electron chi connectivity index (χ1n) is 9.70. The van der Waals surface area contributed by atoms with Gasteiger partial charge >= 0.3 is 11.6 Å². The molecular formula is C23H25NO5S. The number of carbonyl (C=O) groups excluding carboxylic acids is 2. The van der Waals surface area contributed by atoms with E-state index in [4.69, 9.17) is 9.15 Å². The van der Waals surface area contributed by atoms with E-state index < -0.39 is 11.6 Å². The van der Waals surface area contributed by atoms with Gasteiger partial charge in [0.25, 0.3) is 0 Å². The highest BCUT2D eigenvalue weighted by Gasteiger charge is 2.22. The van der Waals surface area contributed by atoms with Gasteiger partial charge in [-0.05, 0) is 55.5 Å². The molecule has 1 amide bonds. The van der Waals surface area contributed by atoms with E-state index in [9.17, 15) is 14.4 Å². The topological polar surface area (TPSA) is 85.6 Å². The molecule has 30 heavy (non-hydrogen) atoms. The molecule has 0 atom stereocenters. The van der Waals surface area contributed by atoms with Crippen LogP contribution < -0.4 is 10.9 Å². The van der Waals surface area contributed by atoms with Gasteiger partial charge in [0.15, 0.2) is 0 Å². The fourth-order valence-corrected chi connectivity index (χ4v) is 4.56. The van der Waals surface area contributed by atoms with Gasteiger partial charge in [0.1, 0.15) is 17.2 Å². The van der Waals surface area contributed by atoms with Crippen LogP contribution in [0.15, 0.2) is 27.4 Å². The summed E-state index contributed by atoms with van der Waals surface area (Å²) >= 11 is 1.33. The second kappa shape index (κ2) is 8.44. The highest BCUT2D eigenvalue weighted by atomic mass is 32.1. The maximum atomic E-state index is 12.8. The number of hydrogen-bond donors (Lipinski definition) is 1. The Morgan fingerprint density at radius 3 is 2.50 bits per heavy atom. The molecule has 0 spiro atoms. The number of fused-ring (bicyclic) bond motifs is 1. The van der Waals surface area contributed by atoms with E-state index in [-0.39, 0.29) is 12.5 Å². The Labute approximate surface area is 178 Å². The number of esters is 1. The summed E-state index contributed by atoms with van der Waals surface area (Å²) in [6.45, 7) is 11.2. The minimum atomic E-state index is -0.543. The molecule has 0 bridgehead atoms. The standard InChI is InChI=1S/C23H25NO5S/c1-11(2)17-9-18-16(8-20(26)29-19(18)7-12(17)3)10-28-23(27)21-13(4)14(5)30-22(21)24-15(6)25/h7-9,11H,10H2,1-6H3,(H,24,25). The molecule has 2 aromatic heterocycles. The minimum absolute atomic E-state index is 0.0740. The first-order chi connectivity index (χ1) is 14.1. The third kappa shape index (κ3) is 4.31. The number of thiophene rings is 1. The quantitative estimate of drug-likeness (QED) is 0.446. The van der Waals surface area contributed by atoms with E-state index in [0.717, 1.165) is 27.0 Å². The highest BCUT2D eigenvalue weighted by molar-refractivity contribution is 7.16. The molecule has 0 unspecified atom stereocenters. The van der Waals surface area contributed by atoms with E-state index in [1.165, 1.54) is 24.3 Å². The molecule has 0 fully saturated rings. The van der Waals surface area contributed by atoms with Crippen LogP contribution in [0.3, 0.4) is 0 Å². The van der Waals surface area contributed by atoms with Crippen molar-refractivity contribution in [3.05, 3.63) is 61.3 Å². The van der Waals surface area contributed by atoms with Gasteiger partial charge in [-0.15, -0.1) is 11.3 Å². The van der Waals surface area contributed by atoms with Crippen LogP contribution in [0, 0.1) is 20.8 Å². The van der Waals surface area contributed by atoms with Crippen molar-refractivity contribution in [2.75, 3.05) is 5.32 Å². The van der Waals surface area contributed by atoms with Crippen molar-refractivity contribution in [2.45, 2.75) is 54.1 Å². The molecule has 158 valence electrons. The van der Waals surface area contributed by atoms with Crippen molar-refractivity contribution < 1.29 is 18.7 Å². The van der Waals surface area contributed by atoms with Crippen LogP contribution >= 0.6 is 11.3 Å². The van der Waals surface area contributed by atoms with Crippen molar-refractivity contribution in [3.63, 3.8) is 0 Å². The molecule has 0 saturated carbocycles. The number of nitrogens with one attached hydrogen (secondary N) is 1. The van der Waals surface area contributed by atoms with E-state index in [2.05, 4.69) is 19.2 Å². The second-order valence-corrected chi connectivity index (χ2v) is 8.92. The Bertz CT molecular complexity index is 1200. The minimum Gasteiger partial charge on any atom is -0.457 e. The smallest absolute Gasteiger partial charge is 0.341 e. The number of anilines is 1. The highest BCUT2D eigenvalue weighted by Crippen LogP contribution is 2.33. The summed E-state index contributed by atoms with van der Waals surface area (Å²) in [6, 6.07) is 5.19. The Morgan fingerprint density at radius 2 is 1.87 bits per heavy atom. The van der Waals surface area contributed by atoms with E-state index >= 15 is 0 Å². The molecule has 1 aromatic carbocycles. The summed E-state index contributed by atoms with van der Waals surface area (Å²) in [6.07, 6.45) is 0. The van der Waals surface area contributed by atoms with E-state index in [0.29, 0.717) is 27.6 Å². The van der Waals surface area contributed by atoms with Gasteiger partial charge in [0.05, 0.1) is 5.56 Å². The Kier molecular flexibility index (Phi) is 6.12. The first kappa shape index (κ1) is 21.8. The summed E-state index contributed by atoms with van der Waals surface area (Å²) in [5.41, 5.74) is 3.86. The van der Waals surface area contributed by atoms with Crippen molar-refractivity contribution in [2.24, 2.45) is 0 Å². The molecule has 3 rings (SSSR count). The molecule has 0 radical (unpaired) electrons. The summed E-state index contributed by atoms with van der Waals surface area (Å²) < 4.78 is 10.9. The SMILES string of the molecule is CC(=O)Nc1sc(C)c(C)c1C(=O)OCc1cc(=O)oc2cc(C)c(C(C)C)cc12. The summed E-state index contributed by atoms with van der Waals surface area (Å²) in [5, 5.41) is 3.91. The first-order valence-corrected chi connectivity index (χ1v) is 10.5. The maximum Gasteiger partial charge on any atom is 0.341 e. The van der Waals surface area contributed by atoms with Crippen LogP contribution in [0.25, 0.3) is 11.0 Å². The predicted octanol–water partition coefficient (Wildman–Crippen LogP) is 5.22. The van der Waals surface area contributed by atoms with Crippen LogP contribution in [0.5, 0.6) is 0 Å². The van der Waals surface area contributed by atoms with Gasteiger partial charge in [-0.3, -0.25) is 4.79 Å². The lowest BCUT2D eigenvalue weighted by molar-refractivity contribution is -0.114. The molecule has 0 aliphatic heterocycles. The van der Waals surface area contributed by atoms with Gasteiger partial charge in [0.2, 0.25) is 5.91 Å². The Balaban J connectivity index is 1.96. The van der Waals surface area contributed by atoms with Gasteiger partial charge < -0.3 is 14.5 Å². The zero-order chi connectivity index (χ0) is 22.2. The molecule has 2 heterocycles. The number of ether oxygens (including phenoxy) is 1. The monoisotopic (exact) mass is 427 g/mol. The number of aryl methyl sites for hydroxylation is 2. The third-order valence-corrected chi connectivity index (χ3v) is 6.20. The number of amides is 1. The molecule has 0 saturated heterocycles. The van der Waals surface area contributed by atoms with Crippen molar-refractivity contribution in [1.29, 1.82) is 0 Å². The van der Waals surface area contributed by atoms with Crippen LogP contribution in [-0.2, 0) is 16.1 Å². The van der Waals surface area contributed by atoms with Crippen LogP contribution in [0.4, 0.5) is 5.00 Å². The summed E-state index contributed by atoms with van der Waals surface area (Å²) in [4.78, 5) is 37.3. The van der Waals surface area contributed by atoms with E-state index in [1.54, 1.807) is 0 Å². The zero-order valence-electron chi connectivity index (χ0n) is 18.0. The molecule has 6 nitrogen and oxygen atoms in total. The van der Waals surface area contributed by atoms with Crippen LogP contribution in [0.2, 0.25) is 0 Å². The summed E-state index contributed by atoms with van der Waals surface area (Å²) in [7, 11) is 0. The fraction of sp³-hybridized carbons (Fsp3) is 0.348. The average Bonchev–Trinajstić information content (AvgIpc) is 2.91. The third-order valence-electron chi connectivity index (χ3n) is 5.08. The van der Waals surface area contributed by atoms with Crippen LogP contribution in [-0.4, -0.2) is 11.9 Å². The number of hydrogen-bond acceptors (Lipinski definition) is 6. The molecule has 1 N–H and O–H groups in total. The van der Waals surface area contributed by atoms with Crippen molar-refractivity contribution in [3.8, 4) is 0 Å². The van der Waals surface area contributed by atoms with Gasteiger partial charge in [-0.25, -0.2) is 9.59 Å². The van der Waals surface area contributed by atoms with Gasteiger partial charge in [0, 0.05) is 28.8 Å². The van der Waals surface area contributed by atoms with Gasteiger partial charge in [-0.2, -0.15) is 0 Å². The zero-order valence-corrected chi connectivity index (χ0v) is 18.8. The second-order valence-electron chi connectivity index (χ2n) is 7.70. The molecule has 0 aliphatic carbocycles. The normalized spacial score (nSPS) is 11.2. The van der Waals surface area contributed by atoms with Crippen molar-refractivity contribution in [1.82, 2.24) is 0 Å². The maximum absolute atomic E-state index is 12.8. The van der Waals surface area contributed by atoms with E-state index in [1.807, 2.05) is 32.9 Å². The number of benzene rings is 1. The number of carbonyl (C=O) groups is 2. The summed E-state index contributed by atoms with van der Waals surface area (Å²) in [5.74, 6) is -0.500. The fourth-order valence-electron chi connectivity index (χ4n) is 3.47. The lowest BCUT2D eigenvalue weighted by Gasteiger charge is -2.13. The lowest BCUT2D eigenvalue weighted by Crippen LogP contribution is -2.12. The molecule has 7 heteroatoms. The van der Waals surface area contributed by atoms with Crippen LogP contribution in [0.1, 0.15) is 64.2 Å².